The summed E-state index contributed by atoms with van der Waals surface area (Å²) in [4.78, 5) is 13.3. The van der Waals surface area contributed by atoms with Gasteiger partial charge in [-0.15, -0.1) is 16.4 Å². The second-order valence-electron chi connectivity index (χ2n) is 7.40. The van der Waals surface area contributed by atoms with E-state index in [0.29, 0.717) is 32.6 Å². The summed E-state index contributed by atoms with van der Waals surface area (Å²) in [6.45, 7) is 1.64. The third-order valence-corrected chi connectivity index (χ3v) is 6.46. The van der Waals surface area contributed by atoms with Gasteiger partial charge in [0, 0.05) is 35.1 Å². The molecule has 1 aromatic carbocycles. The molecule has 6 aromatic rings. The topological polar surface area (TPSA) is 60.9 Å². The Morgan fingerprint density at radius 1 is 1.10 bits per heavy atom. The van der Waals surface area contributed by atoms with Crippen LogP contribution in [0.25, 0.3) is 48.4 Å². The molecule has 5 aromatic heterocycles. The highest BCUT2D eigenvalue weighted by molar-refractivity contribution is 7.26. The highest BCUT2D eigenvalue weighted by atomic mass is 32.1. The molecule has 0 bridgehead atoms. The highest BCUT2D eigenvalue weighted by Gasteiger charge is 2.33. The van der Waals surface area contributed by atoms with Crippen molar-refractivity contribution in [3.63, 3.8) is 0 Å². The molecule has 0 radical (unpaired) electrons. The number of rotatable bonds is 1. The molecular weight excluding hydrogens is 425 g/mol. The molecule has 0 aliphatic rings. The van der Waals surface area contributed by atoms with Gasteiger partial charge >= 0.3 is 6.18 Å². The van der Waals surface area contributed by atoms with Crippen LogP contribution in [0.5, 0.6) is 0 Å². The summed E-state index contributed by atoms with van der Waals surface area (Å²) in [5.74, 6) is 0.532. The number of aryl methyl sites for hydroxylation is 2. The monoisotopic (exact) mass is 438 g/mol. The molecule has 0 saturated carbocycles. The van der Waals surface area contributed by atoms with Crippen LogP contribution in [0.15, 0.2) is 42.9 Å². The second kappa shape index (κ2) is 6.01. The molecule has 6 rings (SSSR count). The Balaban J connectivity index is 1.63. The number of hydrogen-bond acceptors (Lipinski definition) is 5. The van der Waals surface area contributed by atoms with Gasteiger partial charge in [0.05, 0.1) is 5.52 Å². The van der Waals surface area contributed by atoms with Crippen molar-refractivity contribution in [2.45, 2.75) is 13.1 Å². The largest absolute Gasteiger partial charge is 0.433 e. The molecule has 0 fully saturated rings. The van der Waals surface area contributed by atoms with Crippen LogP contribution >= 0.6 is 11.3 Å². The summed E-state index contributed by atoms with van der Waals surface area (Å²) in [5.41, 5.74) is 2.64. The first-order valence-electron chi connectivity index (χ1n) is 9.38. The van der Waals surface area contributed by atoms with Crippen LogP contribution in [0.4, 0.5) is 13.2 Å². The van der Waals surface area contributed by atoms with E-state index in [9.17, 15) is 13.2 Å². The van der Waals surface area contributed by atoms with Crippen molar-refractivity contribution in [3.05, 3.63) is 54.1 Å². The summed E-state index contributed by atoms with van der Waals surface area (Å²) in [5, 5.41) is 6.22. The zero-order valence-electron chi connectivity index (χ0n) is 16.3. The van der Waals surface area contributed by atoms with E-state index in [1.54, 1.807) is 17.8 Å². The molecule has 0 aliphatic carbocycles. The number of halogens is 3. The predicted octanol–water partition coefficient (Wildman–Crippen LogP) is 5.37. The molecule has 154 valence electrons. The summed E-state index contributed by atoms with van der Waals surface area (Å²) in [7, 11) is 1.96. The van der Waals surface area contributed by atoms with E-state index in [1.165, 1.54) is 0 Å². The SMILES string of the molecule is Cc1cc(C(F)(F)F)nc2sc3c(ncn4nc(-c5cn(C)c6ccccc56)nc34)c12. The van der Waals surface area contributed by atoms with Gasteiger partial charge in [-0.3, -0.25) is 0 Å². The highest BCUT2D eigenvalue weighted by Crippen LogP contribution is 2.39. The number of benzene rings is 1. The average Bonchev–Trinajstić information content (AvgIpc) is 3.40. The summed E-state index contributed by atoms with van der Waals surface area (Å²) >= 11 is 1.15. The van der Waals surface area contributed by atoms with Gasteiger partial charge < -0.3 is 4.57 Å². The van der Waals surface area contributed by atoms with Gasteiger partial charge in [-0.25, -0.2) is 19.5 Å². The fourth-order valence-electron chi connectivity index (χ4n) is 3.99. The minimum absolute atomic E-state index is 0.289. The van der Waals surface area contributed by atoms with Crippen LogP contribution in [0, 0.1) is 6.92 Å². The van der Waals surface area contributed by atoms with Crippen LogP contribution in [0.1, 0.15) is 11.3 Å². The van der Waals surface area contributed by atoms with Gasteiger partial charge in [-0.05, 0) is 24.6 Å². The predicted molar refractivity (Wildman–Crippen MR) is 113 cm³/mol. The molecule has 0 unspecified atom stereocenters. The van der Waals surface area contributed by atoms with Crippen molar-refractivity contribution in [2.75, 3.05) is 0 Å². The van der Waals surface area contributed by atoms with Gasteiger partial charge in [0.1, 0.15) is 21.6 Å². The zero-order valence-corrected chi connectivity index (χ0v) is 17.1. The lowest BCUT2D eigenvalue weighted by atomic mass is 10.1. The maximum absolute atomic E-state index is 13.2. The van der Waals surface area contributed by atoms with Crippen molar-refractivity contribution >= 4 is 48.3 Å². The summed E-state index contributed by atoms with van der Waals surface area (Å²) in [6, 6.07) is 9.02. The lowest BCUT2D eigenvalue weighted by Crippen LogP contribution is -2.07. The number of fused-ring (bicyclic) bond motifs is 6. The molecule has 5 heterocycles. The van der Waals surface area contributed by atoms with E-state index in [2.05, 4.69) is 15.1 Å². The van der Waals surface area contributed by atoms with Gasteiger partial charge in [-0.1, -0.05) is 18.2 Å². The standard InChI is InChI=1S/C21H13F3N6S/c1-10-7-14(21(22,23)24)26-20-15(10)16-17(31-20)19-27-18(28-30(19)9-25-16)12-8-29(2)13-6-4-3-5-11(12)13/h3-9H,1-2H3. The first kappa shape index (κ1) is 18.3. The molecule has 0 atom stereocenters. The molecular formula is C21H13F3N6S. The lowest BCUT2D eigenvalue weighted by molar-refractivity contribution is -0.141. The van der Waals surface area contributed by atoms with Crippen LogP contribution in [-0.2, 0) is 13.2 Å². The van der Waals surface area contributed by atoms with Crippen LogP contribution in [0.2, 0.25) is 0 Å². The smallest absolute Gasteiger partial charge is 0.350 e. The number of nitrogens with zero attached hydrogens (tertiary/aromatic N) is 6. The van der Waals surface area contributed by atoms with E-state index >= 15 is 0 Å². The van der Waals surface area contributed by atoms with E-state index in [0.717, 1.165) is 33.9 Å². The van der Waals surface area contributed by atoms with Gasteiger partial charge in [-0.2, -0.15) is 13.2 Å². The van der Waals surface area contributed by atoms with Gasteiger partial charge in [0.25, 0.3) is 0 Å². The lowest BCUT2D eigenvalue weighted by Gasteiger charge is -2.06. The van der Waals surface area contributed by atoms with Gasteiger partial charge in [0.2, 0.25) is 0 Å². The Labute approximate surface area is 176 Å². The van der Waals surface area contributed by atoms with Crippen LogP contribution in [0.3, 0.4) is 0 Å². The van der Waals surface area contributed by atoms with E-state index < -0.39 is 11.9 Å². The first-order chi connectivity index (χ1) is 14.8. The van der Waals surface area contributed by atoms with Crippen molar-refractivity contribution in [1.82, 2.24) is 29.1 Å². The van der Waals surface area contributed by atoms with E-state index in [1.807, 2.05) is 42.1 Å². The first-order valence-corrected chi connectivity index (χ1v) is 10.2. The Kier molecular flexibility index (Phi) is 3.54. The fourth-order valence-corrected chi connectivity index (χ4v) is 5.17. The molecule has 0 amide bonds. The third kappa shape index (κ3) is 2.57. The average molecular weight is 438 g/mol. The molecule has 6 nitrogen and oxygen atoms in total. The number of aromatic nitrogens is 6. The Hall–Kier alpha value is -3.53. The molecule has 10 heteroatoms. The second-order valence-corrected chi connectivity index (χ2v) is 8.40. The molecule has 0 N–H and O–H groups in total. The molecule has 0 aliphatic heterocycles. The van der Waals surface area contributed by atoms with Crippen LogP contribution < -0.4 is 0 Å². The third-order valence-electron chi connectivity index (χ3n) is 5.39. The fraction of sp³-hybridized carbons (Fsp3) is 0.143. The van der Waals surface area contributed by atoms with E-state index in [-0.39, 0.29) is 4.83 Å². The van der Waals surface area contributed by atoms with Crippen molar-refractivity contribution in [2.24, 2.45) is 7.05 Å². The van der Waals surface area contributed by atoms with Gasteiger partial charge in [0.15, 0.2) is 11.5 Å². The Bertz CT molecular complexity index is 1660. The minimum atomic E-state index is -4.51. The van der Waals surface area contributed by atoms with E-state index in [4.69, 9.17) is 4.98 Å². The molecule has 31 heavy (non-hydrogen) atoms. The van der Waals surface area contributed by atoms with Crippen molar-refractivity contribution < 1.29 is 13.2 Å². The number of thiophene rings is 1. The number of pyridine rings is 1. The number of para-hydroxylation sites is 1. The number of alkyl halides is 3. The maximum Gasteiger partial charge on any atom is 0.433 e. The minimum Gasteiger partial charge on any atom is -0.350 e. The normalized spacial score (nSPS) is 12.7. The summed E-state index contributed by atoms with van der Waals surface area (Å²) < 4.78 is 43.9. The van der Waals surface area contributed by atoms with Crippen molar-refractivity contribution in [3.8, 4) is 11.4 Å². The molecule has 0 saturated heterocycles. The van der Waals surface area contributed by atoms with Crippen molar-refractivity contribution in [1.29, 1.82) is 0 Å². The Morgan fingerprint density at radius 3 is 2.71 bits per heavy atom. The molecule has 0 spiro atoms. The Morgan fingerprint density at radius 2 is 1.90 bits per heavy atom. The van der Waals surface area contributed by atoms with Crippen LogP contribution in [-0.4, -0.2) is 29.1 Å². The maximum atomic E-state index is 13.2. The summed E-state index contributed by atoms with van der Waals surface area (Å²) in [6.07, 6.45) is -0.993. The quantitative estimate of drug-likeness (QED) is 0.346. The zero-order chi connectivity index (χ0) is 21.5. The number of hydrogen-bond donors (Lipinski definition) is 0.